The van der Waals surface area contributed by atoms with E-state index in [2.05, 4.69) is 51.7 Å². The molecule has 0 aromatic carbocycles. The van der Waals surface area contributed by atoms with Crippen molar-refractivity contribution in [2.45, 2.75) is 59.0 Å². The number of methoxy groups -OCH3 is 1. The molecule has 0 saturated heterocycles. The van der Waals surface area contributed by atoms with E-state index in [9.17, 15) is 0 Å². The van der Waals surface area contributed by atoms with E-state index in [4.69, 9.17) is 4.74 Å². The summed E-state index contributed by atoms with van der Waals surface area (Å²) < 4.78 is 9.44. The Bertz CT molecular complexity index is 647. The molecule has 23 heavy (non-hydrogen) atoms. The lowest BCUT2D eigenvalue weighted by atomic mass is 10.2. The third-order valence-electron chi connectivity index (χ3n) is 4.46. The average Bonchev–Trinajstić information content (AvgIpc) is 3.08. The van der Waals surface area contributed by atoms with E-state index in [1.54, 1.807) is 7.11 Å². The second-order valence-electron chi connectivity index (χ2n) is 6.56. The van der Waals surface area contributed by atoms with Gasteiger partial charge >= 0.3 is 0 Å². The van der Waals surface area contributed by atoms with Gasteiger partial charge in [-0.05, 0) is 20.8 Å². The molecule has 7 nitrogen and oxygen atoms in total. The van der Waals surface area contributed by atoms with Gasteiger partial charge in [0.05, 0.1) is 6.20 Å². The van der Waals surface area contributed by atoms with Crippen LogP contribution in [-0.2, 0) is 30.9 Å². The fourth-order valence-corrected chi connectivity index (χ4v) is 3.07. The molecule has 0 spiro atoms. The van der Waals surface area contributed by atoms with Gasteiger partial charge in [0.1, 0.15) is 12.4 Å². The van der Waals surface area contributed by atoms with E-state index in [-0.39, 0.29) is 0 Å². The van der Waals surface area contributed by atoms with E-state index in [1.807, 2.05) is 10.9 Å². The first kappa shape index (κ1) is 16.1. The minimum Gasteiger partial charge on any atom is -0.377 e. The predicted octanol–water partition coefficient (Wildman–Crippen LogP) is 1.65. The van der Waals surface area contributed by atoms with Crippen LogP contribution in [0.25, 0.3) is 0 Å². The van der Waals surface area contributed by atoms with Gasteiger partial charge in [0.15, 0.2) is 5.82 Å². The van der Waals surface area contributed by atoms with Crippen molar-refractivity contribution in [3.05, 3.63) is 29.6 Å². The first-order valence-corrected chi connectivity index (χ1v) is 8.25. The molecule has 1 aliphatic heterocycles. The molecule has 1 aliphatic rings. The van der Waals surface area contributed by atoms with Gasteiger partial charge in [-0.2, -0.15) is 5.10 Å². The van der Waals surface area contributed by atoms with Crippen LogP contribution in [-0.4, -0.2) is 49.1 Å². The van der Waals surface area contributed by atoms with Crippen molar-refractivity contribution in [3.8, 4) is 0 Å². The molecule has 2 aromatic rings. The summed E-state index contributed by atoms with van der Waals surface area (Å²) in [5.41, 5.74) is 1.26. The summed E-state index contributed by atoms with van der Waals surface area (Å²) in [5, 5.41) is 13.0. The monoisotopic (exact) mass is 318 g/mol. The molecule has 126 valence electrons. The van der Waals surface area contributed by atoms with Crippen LogP contribution in [0.15, 0.2) is 12.4 Å². The Kier molecular flexibility index (Phi) is 4.77. The minimum atomic E-state index is 0.401. The first-order valence-electron chi connectivity index (χ1n) is 8.25. The zero-order valence-corrected chi connectivity index (χ0v) is 14.4. The maximum atomic E-state index is 5.22. The van der Waals surface area contributed by atoms with E-state index in [0.717, 1.165) is 37.7 Å². The molecule has 0 aliphatic carbocycles. The van der Waals surface area contributed by atoms with Crippen molar-refractivity contribution in [1.82, 2.24) is 29.4 Å². The Morgan fingerprint density at radius 3 is 2.83 bits per heavy atom. The lowest BCUT2D eigenvalue weighted by molar-refractivity contribution is 0.171. The Morgan fingerprint density at radius 2 is 2.13 bits per heavy atom. The summed E-state index contributed by atoms with van der Waals surface area (Å²) in [5.74, 6) is 1.98. The zero-order chi connectivity index (χ0) is 16.4. The Labute approximate surface area is 137 Å². The van der Waals surface area contributed by atoms with E-state index in [0.29, 0.717) is 18.7 Å². The van der Waals surface area contributed by atoms with Crippen LogP contribution in [0.3, 0.4) is 0 Å². The molecule has 0 unspecified atom stereocenters. The van der Waals surface area contributed by atoms with E-state index < -0.39 is 0 Å². The number of fused-ring (bicyclic) bond motifs is 1. The number of aromatic nitrogens is 5. The third-order valence-corrected chi connectivity index (χ3v) is 4.46. The molecular weight excluding hydrogens is 292 g/mol. The van der Waals surface area contributed by atoms with Gasteiger partial charge in [-0.1, -0.05) is 0 Å². The summed E-state index contributed by atoms with van der Waals surface area (Å²) >= 11 is 0. The molecular formula is C16H26N6O. The van der Waals surface area contributed by atoms with Crippen molar-refractivity contribution < 1.29 is 4.74 Å². The quantitative estimate of drug-likeness (QED) is 0.839. The minimum absolute atomic E-state index is 0.401. The Balaban J connectivity index is 1.70. The van der Waals surface area contributed by atoms with Crippen LogP contribution in [0.4, 0.5) is 0 Å². The smallest absolute Gasteiger partial charge is 0.159 e. The van der Waals surface area contributed by atoms with Gasteiger partial charge in [-0.25, -0.2) is 0 Å². The van der Waals surface area contributed by atoms with Crippen molar-refractivity contribution in [3.63, 3.8) is 0 Å². The highest BCUT2D eigenvalue weighted by Crippen LogP contribution is 2.18. The van der Waals surface area contributed by atoms with Crippen LogP contribution in [0.5, 0.6) is 0 Å². The number of ether oxygens (including phenoxy) is 1. The van der Waals surface area contributed by atoms with Gasteiger partial charge in [0, 0.05) is 57.0 Å². The number of hydrogen-bond donors (Lipinski definition) is 0. The highest BCUT2D eigenvalue weighted by molar-refractivity contribution is 5.06. The molecule has 1 atom stereocenters. The summed E-state index contributed by atoms with van der Waals surface area (Å²) in [4.78, 5) is 2.49. The zero-order valence-electron chi connectivity index (χ0n) is 14.4. The lowest BCUT2D eigenvalue weighted by Gasteiger charge is -2.25. The highest BCUT2D eigenvalue weighted by atomic mass is 16.5. The fraction of sp³-hybridized carbons (Fsp3) is 0.688. The molecule has 0 fully saturated rings. The van der Waals surface area contributed by atoms with Gasteiger partial charge in [-0.3, -0.25) is 9.58 Å². The van der Waals surface area contributed by atoms with Crippen molar-refractivity contribution in [1.29, 1.82) is 0 Å². The normalized spacial score (nSPS) is 19.1. The molecule has 0 radical (unpaired) electrons. The summed E-state index contributed by atoms with van der Waals surface area (Å²) in [7, 11) is 1.69. The fourth-order valence-electron chi connectivity index (χ4n) is 3.07. The largest absolute Gasteiger partial charge is 0.377 e. The van der Waals surface area contributed by atoms with Crippen LogP contribution < -0.4 is 0 Å². The molecule has 0 N–H and O–H groups in total. The molecule has 3 rings (SSSR count). The SMILES string of the molecule is COCc1nnc2n1CCN(Cc1cnn(C(C)C)c1)[C@@H](C)C2. The second-order valence-corrected chi connectivity index (χ2v) is 6.56. The molecule has 3 heterocycles. The maximum absolute atomic E-state index is 5.22. The number of nitrogens with zero attached hydrogens (tertiary/aromatic N) is 6. The van der Waals surface area contributed by atoms with Crippen LogP contribution in [0.2, 0.25) is 0 Å². The summed E-state index contributed by atoms with van der Waals surface area (Å²) in [6, 6.07) is 0.830. The molecule has 0 amide bonds. The lowest BCUT2D eigenvalue weighted by Crippen LogP contribution is -2.34. The maximum Gasteiger partial charge on any atom is 0.159 e. The van der Waals surface area contributed by atoms with Crippen molar-refractivity contribution >= 4 is 0 Å². The van der Waals surface area contributed by atoms with Crippen LogP contribution in [0, 0.1) is 0 Å². The first-order chi connectivity index (χ1) is 11.1. The standard InChI is InChI=1S/C16H26N6O/c1-12(2)22-10-14(8-17-22)9-20-5-6-21-15(7-13(20)3)18-19-16(21)11-23-4/h8,10,12-13H,5-7,9,11H2,1-4H3/t13-/m0/s1. The average molecular weight is 318 g/mol. The predicted molar refractivity (Wildman–Crippen MR) is 86.9 cm³/mol. The number of rotatable bonds is 5. The Morgan fingerprint density at radius 1 is 1.30 bits per heavy atom. The molecule has 2 aromatic heterocycles. The van der Waals surface area contributed by atoms with Crippen LogP contribution >= 0.6 is 0 Å². The van der Waals surface area contributed by atoms with Gasteiger partial charge in [0.25, 0.3) is 0 Å². The van der Waals surface area contributed by atoms with Gasteiger partial charge < -0.3 is 9.30 Å². The van der Waals surface area contributed by atoms with E-state index in [1.165, 1.54) is 5.56 Å². The number of hydrogen-bond acceptors (Lipinski definition) is 5. The molecule has 0 bridgehead atoms. The van der Waals surface area contributed by atoms with Crippen LogP contribution in [0.1, 0.15) is 44.0 Å². The summed E-state index contributed by atoms with van der Waals surface area (Å²) in [6.45, 7) is 9.88. The highest BCUT2D eigenvalue weighted by Gasteiger charge is 2.24. The molecule has 7 heteroatoms. The van der Waals surface area contributed by atoms with Gasteiger partial charge in [0.2, 0.25) is 0 Å². The van der Waals surface area contributed by atoms with Crippen molar-refractivity contribution in [2.75, 3.05) is 13.7 Å². The summed E-state index contributed by atoms with van der Waals surface area (Å²) in [6.07, 6.45) is 5.04. The topological polar surface area (TPSA) is 61.0 Å². The Hall–Kier alpha value is -1.73. The van der Waals surface area contributed by atoms with Crippen molar-refractivity contribution in [2.24, 2.45) is 0 Å². The molecule has 0 saturated carbocycles. The second kappa shape index (κ2) is 6.80. The van der Waals surface area contributed by atoms with E-state index >= 15 is 0 Å². The van der Waals surface area contributed by atoms with Gasteiger partial charge in [-0.15, -0.1) is 10.2 Å². The third kappa shape index (κ3) is 3.45.